The third-order valence-electron chi connectivity index (χ3n) is 2.95. The van der Waals surface area contributed by atoms with Crippen molar-refractivity contribution in [2.24, 2.45) is 11.8 Å². The first-order chi connectivity index (χ1) is 3.95. The van der Waals surface area contributed by atoms with E-state index in [1.54, 1.807) is 38.5 Å². The number of fused-ring (bicyclic) bond motifs is 3. The Hall–Kier alpha value is -0.140. The van der Waals surface area contributed by atoms with Crippen LogP contribution in [-0.2, 0) is 0 Å². The van der Waals surface area contributed by atoms with E-state index in [9.17, 15) is 0 Å². The quantitative estimate of drug-likeness (QED) is 0.498. The normalized spacial score (nSPS) is 36.0. The predicted molar refractivity (Wildman–Crippen MR) is 39.7 cm³/mol. The Morgan fingerprint density at radius 1 is 0.500 bits per heavy atom. The van der Waals surface area contributed by atoms with E-state index in [-0.39, 0.29) is 9.41 Å². The molecule has 3 rings (SSSR count). The topological polar surface area (TPSA) is 0 Å². The summed E-state index contributed by atoms with van der Waals surface area (Å²) in [5.74, 6) is 2.31. The smallest absolute Gasteiger partial charge is 0.0414 e. The number of hydrogen-bond acceptors (Lipinski definition) is 0. The summed E-state index contributed by atoms with van der Waals surface area (Å²) in [6, 6.07) is 0. The van der Waals surface area contributed by atoms with E-state index in [0.29, 0.717) is 0 Å². The van der Waals surface area contributed by atoms with Crippen LogP contribution in [0, 0.1) is 11.8 Å². The minimum atomic E-state index is 0. The van der Waals surface area contributed by atoms with Gasteiger partial charge in [-0.25, -0.2) is 0 Å². The molecule has 0 saturated heterocycles. The van der Waals surface area contributed by atoms with Crippen molar-refractivity contribution in [1.29, 1.82) is 0 Å². The van der Waals surface area contributed by atoms with Crippen LogP contribution in [-0.4, -0.2) is 0 Å². The van der Waals surface area contributed by atoms with Crippen LogP contribution in [0.5, 0.6) is 0 Å². The van der Waals surface area contributed by atoms with Crippen LogP contribution >= 0.6 is 0 Å². The van der Waals surface area contributed by atoms with Gasteiger partial charge in [0.1, 0.15) is 0 Å². The molecule has 0 heterocycles. The SMILES string of the molecule is C1CC2CCC1CC2.F.F. The van der Waals surface area contributed by atoms with Crippen LogP contribution < -0.4 is 0 Å². The maximum absolute atomic E-state index is 1.56. The van der Waals surface area contributed by atoms with Gasteiger partial charge in [-0.3, -0.25) is 9.41 Å². The van der Waals surface area contributed by atoms with Crippen molar-refractivity contribution < 1.29 is 9.41 Å². The van der Waals surface area contributed by atoms with Gasteiger partial charge in [0.15, 0.2) is 0 Å². The molecule has 0 unspecified atom stereocenters. The Kier molecular flexibility index (Phi) is 3.84. The van der Waals surface area contributed by atoms with Gasteiger partial charge in [0.25, 0.3) is 0 Å². The van der Waals surface area contributed by atoms with Crippen molar-refractivity contribution in [2.75, 3.05) is 0 Å². The molecule has 0 amide bonds. The summed E-state index contributed by atoms with van der Waals surface area (Å²) in [4.78, 5) is 0. The zero-order valence-corrected chi connectivity index (χ0v) is 6.21. The highest BCUT2D eigenvalue weighted by molar-refractivity contribution is 4.79. The molecule has 0 N–H and O–H groups in total. The summed E-state index contributed by atoms with van der Waals surface area (Å²) in [6.45, 7) is 0. The van der Waals surface area contributed by atoms with E-state index in [1.807, 2.05) is 0 Å². The molecule has 10 heavy (non-hydrogen) atoms. The molecule has 3 aliphatic rings. The fraction of sp³-hybridized carbons (Fsp3) is 1.00. The summed E-state index contributed by atoms with van der Waals surface area (Å²) in [5, 5.41) is 0. The molecule has 62 valence electrons. The lowest BCUT2D eigenvalue weighted by Crippen LogP contribution is -2.21. The van der Waals surface area contributed by atoms with Gasteiger partial charge in [0, 0.05) is 0 Å². The van der Waals surface area contributed by atoms with Gasteiger partial charge in [0.2, 0.25) is 0 Å². The molecule has 0 aromatic rings. The van der Waals surface area contributed by atoms with Gasteiger partial charge >= 0.3 is 0 Å². The molecule has 0 nitrogen and oxygen atoms in total. The van der Waals surface area contributed by atoms with Crippen molar-refractivity contribution in [2.45, 2.75) is 38.5 Å². The van der Waals surface area contributed by atoms with Gasteiger partial charge in [0.05, 0.1) is 0 Å². The molecular weight excluding hydrogens is 134 g/mol. The molecule has 0 atom stereocenters. The molecule has 3 fully saturated rings. The molecule has 0 spiro atoms. The monoisotopic (exact) mass is 150 g/mol. The third kappa shape index (κ3) is 1.68. The zero-order chi connectivity index (χ0) is 5.40. The van der Waals surface area contributed by atoms with E-state index >= 15 is 0 Å². The Bertz CT molecular complexity index is 62.2. The van der Waals surface area contributed by atoms with Crippen LogP contribution in [0.2, 0.25) is 0 Å². The lowest BCUT2D eigenvalue weighted by Gasteiger charge is -2.35. The Balaban J connectivity index is 0.000000405. The first-order valence-corrected chi connectivity index (χ1v) is 3.95. The van der Waals surface area contributed by atoms with Crippen LogP contribution in [0.15, 0.2) is 0 Å². The Morgan fingerprint density at radius 2 is 0.700 bits per heavy atom. The van der Waals surface area contributed by atoms with Crippen molar-refractivity contribution in [3.63, 3.8) is 0 Å². The van der Waals surface area contributed by atoms with Crippen LogP contribution in [0.25, 0.3) is 0 Å². The molecule has 2 heteroatoms. The van der Waals surface area contributed by atoms with E-state index in [2.05, 4.69) is 0 Å². The van der Waals surface area contributed by atoms with Gasteiger partial charge in [-0.15, -0.1) is 0 Å². The lowest BCUT2D eigenvalue weighted by molar-refractivity contribution is 0.176. The molecule has 0 aliphatic heterocycles. The Labute approximate surface area is 60.7 Å². The van der Waals surface area contributed by atoms with Crippen molar-refractivity contribution in [3.8, 4) is 0 Å². The average Bonchev–Trinajstić information content (AvgIpc) is 1.92. The second kappa shape index (κ2) is 3.89. The molecule has 3 saturated carbocycles. The fourth-order valence-corrected chi connectivity index (χ4v) is 2.28. The summed E-state index contributed by atoms with van der Waals surface area (Å²) < 4.78 is 0. The molecule has 0 radical (unpaired) electrons. The van der Waals surface area contributed by atoms with Gasteiger partial charge in [-0.05, 0) is 11.8 Å². The van der Waals surface area contributed by atoms with Crippen molar-refractivity contribution >= 4 is 0 Å². The van der Waals surface area contributed by atoms with E-state index in [0.717, 1.165) is 11.8 Å². The highest BCUT2D eigenvalue weighted by Gasteiger charge is 2.26. The van der Waals surface area contributed by atoms with Crippen molar-refractivity contribution in [3.05, 3.63) is 0 Å². The summed E-state index contributed by atoms with van der Waals surface area (Å²) in [7, 11) is 0. The number of rotatable bonds is 0. The average molecular weight is 150 g/mol. The highest BCUT2D eigenvalue weighted by Crippen LogP contribution is 2.40. The van der Waals surface area contributed by atoms with Crippen LogP contribution in [0.3, 0.4) is 0 Å². The molecule has 0 aromatic heterocycles. The molecule has 0 aromatic carbocycles. The van der Waals surface area contributed by atoms with Crippen LogP contribution in [0.4, 0.5) is 9.41 Å². The van der Waals surface area contributed by atoms with Gasteiger partial charge < -0.3 is 0 Å². The fourth-order valence-electron chi connectivity index (χ4n) is 2.28. The molecular formula is C8H16F2. The van der Waals surface area contributed by atoms with Crippen molar-refractivity contribution in [1.82, 2.24) is 0 Å². The van der Waals surface area contributed by atoms with E-state index < -0.39 is 0 Å². The first kappa shape index (κ1) is 9.86. The second-order valence-corrected chi connectivity index (χ2v) is 3.46. The minimum absolute atomic E-state index is 0. The summed E-state index contributed by atoms with van der Waals surface area (Å²) >= 11 is 0. The Morgan fingerprint density at radius 3 is 0.800 bits per heavy atom. The van der Waals surface area contributed by atoms with E-state index in [4.69, 9.17) is 0 Å². The largest absolute Gasteiger partial charge is 0.269 e. The second-order valence-electron chi connectivity index (χ2n) is 3.46. The number of hydrogen-bond donors (Lipinski definition) is 0. The maximum atomic E-state index is 1.56. The summed E-state index contributed by atoms with van der Waals surface area (Å²) in [6.07, 6.45) is 9.36. The zero-order valence-electron chi connectivity index (χ0n) is 6.21. The highest BCUT2D eigenvalue weighted by atomic mass is 19.0. The molecule has 2 bridgehead atoms. The minimum Gasteiger partial charge on any atom is -0.269 e. The lowest BCUT2D eigenvalue weighted by atomic mass is 9.71. The third-order valence-corrected chi connectivity index (χ3v) is 2.95. The number of halogens is 2. The van der Waals surface area contributed by atoms with Crippen LogP contribution in [0.1, 0.15) is 38.5 Å². The summed E-state index contributed by atoms with van der Waals surface area (Å²) in [5.41, 5.74) is 0. The maximum Gasteiger partial charge on any atom is -0.0414 e. The standard InChI is InChI=1S/C8H14.2FH/c1-2-8-5-3-7(1)4-6-8;;/h7-8H,1-6H2;2*1H. The first-order valence-electron chi connectivity index (χ1n) is 3.95. The van der Waals surface area contributed by atoms with Gasteiger partial charge in [-0.1, -0.05) is 38.5 Å². The van der Waals surface area contributed by atoms with Gasteiger partial charge in [-0.2, -0.15) is 0 Å². The predicted octanol–water partition coefficient (Wildman–Crippen LogP) is 2.89. The molecule has 3 aliphatic carbocycles. The van der Waals surface area contributed by atoms with E-state index in [1.165, 1.54) is 0 Å².